The first-order chi connectivity index (χ1) is 9.67. The molecule has 0 aromatic heterocycles. The van der Waals surface area contributed by atoms with E-state index < -0.39 is 4.65 Å². The first kappa shape index (κ1) is 15.1. The number of hydrogen-bond donors (Lipinski definition) is 1. The lowest BCUT2D eigenvalue weighted by Gasteiger charge is -2.35. The quantitative estimate of drug-likeness (QED) is 0.430. The summed E-state index contributed by atoms with van der Waals surface area (Å²) < 4.78 is 9.43. The molecule has 1 aliphatic rings. The minimum absolute atomic E-state index is 0.0205. The van der Waals surface area contributed by atoms with E-state index in [1.54, 1.807) is 12.1 Å². The largest absolute Gasteiger partial charge is 0.625 e. The molecule has 0 spiro atoms. The molecule has 1 N–H and O–H groups in total. The molecule has 1 aromatic rings. The monoisotopic (exact) mass is 281 g/mol. The Kier molecular flexibility index (Phi) is 5.22. The van der Waals surface area contributed by atoms with Crippen molar-refractivity contribution in [3.8, 4) is 0 Å². The van der Waals surface area contributed by atoms with Crippen LogP contribution in [-0.2, 0) is 16.0 Å². The van der Waals surface area contributed by atoms with Crippen LogP contribution < -0.4 is 0 Å². The Bertz CT molecular complexity index is 465. The molecule has 6 heteroatoms. The molecule has 1 aliphatic heterocycles. The van der Waals surface area contributed by atoms with Crippen LogP contribution in [0.1, 0.15) is 15.9 Å². The average molecular weight is 281 g/mol. The first-order valence-electron chi connectivity index (χ1n) is 6.64. The van der Waals surface area contributed by atoms with Crippen molar-refractivity contribution in [2.24, 2.45) is 0 Å². The van der Waals surface area contributed by atoms with Gasteiger partial charge in [-0.05, 0) is 6.07 Å². The zero-order valence-electron chi connectivity index (χ0n) is 11.3. The van der Waals surface area contributed by atoms with Crippen molar-refractivity contribution >= 4 is 5.91 Å². The van der Waals surface area contributed by atoms with Crippen LogP contribution in [0.5, 0.6) is 0 Å². The van der Waals surface area contributed by atoms with Crippen LogP contribution in [-0.4, -0.2) is 55.2 Å². The van der Waals surface area contributed by atoms with Gasteiger partial charge >= 0.3 is 5.91 Å². The molecule has 1 amide bonds. The summed E-state index contributed by atoms with van der Waals surface area (Å²) >= 11 is 0. The minimum Gasteiger partial charge on any atom is -0.625 e. The van der Waals surface area contributed by atoms with Gasteiger partial charge in [-0.3, -0.25) is 4.65 Å². The predicted octanol–water partition coefficient (Wildman–Crippen LogP) is 0.680. The Morgan fingerprint density at radius 3 is 2.55 bits per heavy atom. The van der Waals surface area contributed by atoms with Crippen molar-refractivity contribution in [3.63, 3.8) is 0 Å². The SMILES string of the molecule is O=C1c2ccccc2C[N+]1([O-])CCOCCOCCO. The van der Waals surface area contributed by atoms with Gasteiger partial charge in [0.25, 0.3) is 0 Å². The summed E-state index contributed by atoms with van der Waals surface area (Å²) in [6, 6.07) is 7.10. The predicted molar refractivity (Wildman–Crippen MR) is 71.7 cm³/mol. The number of aliphatic hydroxyl groups excluding tert-OH is 1. The van der Waals surface area contributed by atoms with E-state index in [1.165, 1.54) is 0 Å². The number of quaternary nitrogens is 1. The van der Waals surface area contributed by atoms with Crippen LogP contribution in [0.3, 0.4) is 0 Å². The minimum atomic E-state index is -0.878. The van der Waals surface area contributed by atoms with E-state index in [1.807, 2.05) is 12.1 Å². The van der Waals surface area contributed by atoms with Gasteiger partial charge in [-0.1, -0.05) is 18.2 Å². The molecular formula is C14H19NO5. The second kappa shape index (κ2) is 6.92. The van der Waals surface area contributed by atoms with E-state index in [0.29, 0.717) is 18.8 Å². The summed E-state index contributed by atoms with van der Waals surface area (Å²) in [5.74, 6) is -0.388. The number of nitrogens with zero attached hydrogens (tertiary/aromatic N) is 1. The van der Waals surface area contributed by atoms with Crippen LogP contribution in [0.2, 0.25) is 0 Å². The van der Waals surface area contributed by atoms with Gasteiger partial charge in [0.1, 0.15) is 13.1 Å². The van der Waals surface area contributed by atoms with Crippen molar-refractivity contribution in [1.82, 2.24) is 0 Å². The summed E-state index contributed by atoms with van der Waals surface area (Å²) in [4.78, 5) is 12.1. The lowest BCUT2D eigenvalue weighted by Crippen LogP contribution is -2.44. The fourth-order valence-electron chi connectivity index (χ4n) is 2.21. The lowest BCUT2D eigenvalue weighted by molar-refractivity contribution is -0.808. The first-order valence-corrected chi connectivity index (χ1v) is 6.64. The highest BCUT2D eigenvalue weighted by Crippen LogP contribution is 2.28. The molecule has 1 aromatic carbocycles. The summed E-state index contributed by atoms with van der Waals surface area (Å²) in [6.07, 6.45) is 0. The molecular weight excluding hydrogens is 262 g/mol. The number of hydrogen-bond acceptors (Lipinski definition) is 5. The maximum absolute atomic E-state index is 12.5. The van der Waals surface area contributed by atoms with Crippen molar-refractivity contribution in [3.05, 3.63) is 40.6 Å². The molecule has 1 atom stereocenters. The van der Waals surface area contributed by atoms with E-state index in [-0.39, 0.29) is 38.8 Å². The highest BCUT2D eigenvalue weighted by atomic mass is 16.6. The Hall–Kier alpha value is -1.31. The Labute approximate surface area is 117 Å². The molecule has 0 saturated heterocycles. The van der Waals surface area contributed by atoms with Crippen LogP contribution in [0.4, 0.5) is 0 Å². The van der Waals surface area contributed by atoms with Crippen molar-refractivity contribution in [2.75, 3.05) is 39.6 Å². The van der Waals surface area contributed by atoms with Gasteiger partial charge in [0.2, 0.25) is 0 Å². The normalized spacial score (nSPS) is 21.2. The number of fused-ring (bicyclic) bond motifs is 1. The Morgan fingerprint density at radius 2 is 1.85 bits per heavy atom. The number of carbonyl (C=O) groups is 1. The van der Waals surface area contributed by atoms with Crippen LogP contribution in [0, 0.1) is 5.21 Å². The summed E-state index contributed by atoms with van der Waals surface area (Å²) in [5.41, 5.74) is 1.33. The molecule has 0 bridgehead atoms. The van der Waals surface area contributed by atoms with E-state index in [4.69, 9.17) is 14.6 Å². The molecule has 110 valence electrons. The molecule has 1 unspecified atom stereocenters. The highest BCUT2D eigenvalue weighted by Gasteiger charge is 2.38. The number of ether oxygens (including phenoxy) is 2. The van der Waals surface area contributed by atoms with Gasteiger partial charge in [0.05, 0.1) is 38.6 Å². The number of benzene rings is 1. The number of carbonyl (C=O) groups excluding carboxylic acids is 1. The van der Waals surface area contributed by atoms with Crippen LogP contribution >= 0.6 is 0 Å². The molecule has 2 rings (SSSR count). The topological polar surface area (TPSA) is 78.8 Å². The van der Waals surface area contributed by atoms with Gasteiger partial charge in [-0.15, -0.1) is 0 Å². The summed E-state index contributed by atoms with van der Waals surface area (Å²) in [5, 5.41) is 21.0. The molecule has 0 fully saturated rings. The zero-order valence-corrected chi connectivity index (χ0v) is 11.3. The van der Waals surface area contributed by atoms with E-state index >= 15 is 0 Å². The molecule has 0 aliphatic carbocycles. The molecule has 1 heterocycles. The standard InChI is InChI=1S/C14H19NO5/c16-6-8-20-10-9-19-7-5-15(18)11-12-3-1-2-4-13(12)14(15)17/h1-4,16H,5-11H2. The third kappa shape index (κ3) is 3.41. The number of amides is 1. The Morgan fingerprint density at radius 1 is 1.15 bits per heavy atom. The molecule has 0 saturated carbocycles. The maximum Gasteiger partial charge on any atom is 0.346 e. The van der Waals surface area contributed by atoms with E-state index in [2.05, 4.69) is 0 Å². The number of aliphatic hydroxyl groups is 1. The lowest BCUT2D eigenvalue weighted by atomic mass is 10.1. The van der Waals surface area contributed by atoms with Crippen LogP contribution in [0.15, 0.2) is 24.3 Å². The second-order valence-corrected chi connectivity index (χ2v) is 4.68. The maximum atomic E-state index is 12.5. The van der Waals surface area contributed by atoms with Gasteiger partial charge in [0.15, 0.2) is 0 Å². The fourth-order valence-corrected chi connectivity index (χ4v) is 2.21. The third-order valence-electron chi connectivity index (χ3n) is 3.25. The number of hydroxylamine groups is 3. The fraction of sp³-hybridized carbons (Fsp3) is 0.500. The van der Waals surface area contributed by atoms with E-state index in [9.17, 15) is 10.0 Å². The van der Waals surface area contributed by atoms with Gasteiger partial charge < -0.3 is 19.8 Å². The highest BCUT2D eigenvalue weighted by molar-refractivity contribution is 5.92. The van der Waals surface area contributed by atoms with Crippen molar-refractivity contribution in [2.45, 2.75) is 6.54 Å². The Balaban J connectivity index is 1.75. The van der Waals surface area contributed by atoms with Gasteiger partial charge in [-0.25, -0.2) is 4.79 Å². The van der Waals surface area contributed by atoms with Gasteiger partial charge in [-0.2, -0.15) is 0 Å². The second-order valence-electron chi connectivity index (χ2n) is 4.68. The van der Waals surface area contributed by atoms with Gasteiger partial charge in [0, 0.05) is 5.56 Å². The summed E-state index contributed by atoms with van der Waals surface area (Å²) in [6.45, 7) is 1.47. The average Bonchev–Trinajstić information content (AvgIpc) is 2.71. The summed E-state index contributed by atoms with van der Waals surface area (Å²) in [7, 11) is 0. The third-order valence-corrected chi connectivity index (χ3v) is 3.25. The van der Waals surface area contributed by atoms with Crippen molar-refractivity contribution < 1.29 is 24.0 Å². The zero-order chi connectivity index (χ0) is 14.4. The van der Waals surface area contributed by atoms with E-state index in [0.717, 1.165) is 5.56 Å². The van der Waals surface area contributed by atoms with Crippen molar-refractivity contribution in [1.29, 1.82) is 0 Å². The van der Waals surface area contributed by atoms with Crippen LogP contribution in [0.25, 0.3) is 0 Å². The molecule has 0 radical (unpaired) electrons. The number of rotatable bonds is 8. The smallest absolute Gasteiger partial charge is 0.346 e. The molecule has 6 nitrogen and oxygen atoms in total. The molecule has 20 heavy (non-hydrogen) atoms.